The van der Waals surface area contributed by atoms with Gasteiger partial charge < -0.3 is 43.2 Å². The molecule has 28 heavy (non-hydrogen) atoms. The molecule has 158 valence electrons. The van der Waals surface area contributed by atoms with Crippen LogP contribution in [0.15, 0.2) is 36.5 Å². The molecule has 0 radical (unpaired) electrons. The lowest BCUT2D eigenvalue weighted by atomic mass is 10.1. The van der Waals surface area contributed by atoms with E-state index in [1.54, 1.807) is 0 Å². The van der Waals surface area contributed by atoms with Crippen molar-refractivity contribution < 1.29 is 52.5 Å². The smallest absolute Gasteiger partial charge is 0.305 e. The van der Waals surface area contributed by atoms with Gasteiger partial charge in [-0.3, -0.25) is 4.79 Å². The lowest BCUT2D eigenvalue weighted by Gasteiger charge is -2.29. The summed E-state index contributed by atoms with van der Waals surface area (Å²) in [6.45, 7) is 7.69. The Bertz CT molecular complexity index is 736. The number of unbranched alkanes of at least 4 members (excludes halogenated alkanes) is 1. The quantitative estimate of drug-likeness (QED) is 0.153. The van der Waals surface area contributed by atoms with E-state index in [1.807, 2.05) is 6.92 Å². The number of ether oxygens (including phenoxy) is 1. The van der Waals surface area contributed by atoms with Crippen molar-refractivity contribution in [2.75, 3.05) is 33.8 Å². The number of quaternary nitrogens is 1. The normalized spacial score (nSPS) is 10.9. The Kier molecular flexibility index (Phi) is 12.8. The number of aromatic nitrogens is 1. The van der Waals surface area contributed by atoms with Gasteiger partial charge in [0.25, 0.3) is 0 Å². The van der Waals surface area contributed by atoms with E-state index in [-0.39, 0.29) is 39.9 Å². The third-order valence-corrected chi connectivity index (χ3v) is 5.00. The molecular weight excluding hydrogens is 484 g/mol. The SMILES string of the molecule is CCOC(=O)CCC[N+](C)(C)CCCC[n+]1ccc(C)c2ccccc21.[Br-].[Br-]. The molecule has 0 amide bonds. The van der Waals surface area contributed by atoms with Crippen molar-refractivity contribution in [3.8, 4) is 0 Å². The van der Waals surface area contributed by atoms with Gasteiger partial charge in [0.15, 0.2) is 6.20 Å². The number of hydrogen-bond acceptors (Lipinski definition) is 2. The van der Waals surface area contributed by atoms with Crippen LogP contribution in [-0.2, 0) is 16.1 Å². The van der Waals surface area contributed by atoms with Gasteiger partial charge >= 0.3 is 5.97 Å². The van der Waals surface area contributed by atoms with Gasteiger partial charge in [0.05, 0.1) is 40.2 Å². The molecule has 0 unspecified atom stereocenters. The Morgan fingerprint density at radius 2 is 1.71 bits per heavy atom. The lowest BCUT2D eigenvalue weighted by molar-refractivity contribution is -0.890. The first-order valence-electron chi connectivity index (χ1n) is 9.78. The van der Waals surface area contributed by atoms with Crippen molar-refractivity contribution in [2.45, 2.75) is 46.1 Å². The molecule has 0 fully saturated rings. The molecule has 0 saturated carbocycles. The van der Waals surface area contributed by atoms with Gasteiger partial charge in [0.1, 0.15) is 6.54 Å². The number of fused-ring (bicyclic) bond motifs is 1. The molecule has 0 saturated heterocycles. The summed E-state index contributed by atoms with van der Waals surface area (Å²) >= 11 is 0. The number of nitrogens with zero attached hydrogens (tertiary/aromatic N) is 2. The van der Waals surface area contributed by atoms with Crippen LogP contribution in [0.1, 0.15) is 38.2 Å². The molecule has 0 aliphatic carbocycles. The molecule has 1 heterocycles. The van der Waals surface area contributed by atoms with Crippen molar-refractivity contribution in [1.82, 2.24) is 0 Å². The zero-order valence-corrected chi connectivity index (χ0v) is 20.8. The molecule has 1 aromatic heterocycles. The predicted molar refractivity (Wildman–Crippen MR) is 106 cm³/mol. The Hall–Kier alpha value is -0.980. The maximum absolute atomic E-state index is 11.4. The standard InChI is InChI=1S/C22H34N2O2.2BrH/c1-5-26-22(25)13-10-18-24(3,4)17-9-8-15-23-16-14-19(2)20-11-6-7-12-21(20)23;;/h6-7,11-12,14,16H,5,8-10,13,15,17-18H2,1-4H3;2*1H/q+2;;/p-2. The zero-order chi connectivity index (χ0) is 19.0. The van der Waals surface area contributed by atoms with Gasteiger partial charge in [-0.1, -0.05) is 12.1 Å². The second kappa shape index (κ2) is 13.3. The number of para-hydroxylation sites is 1. The van der Waals surface area contributed by atoms with Gasteiger partial charge in [-0.2, -0.15) is 4.57 Å². The van der Waals surface area contributed by atoms with Crippen LogP contribution in [0.5, 0.6) is 0 Å². The third-order valence-electron chi connectivity index (χ3n) is 5.00. The van der Waals surface area contributed by atoms with E-state index in [2.05, 4.69) is 62.1 Å². The molecule has 0 atom stereocenters. The van der Waals surface area contributed by atoms with Crippen molar-refractivity contribution >= 4 is 16.9 Å². The second-order valence-electron chi connectivity index (χ2n) is 7.71. The van der Waals surface area contributed by atoms with Crippen LogP contribution in [0.4, 0.5) is 0 Å². The molecule has 2 aromatic rings. The number of hydrogen-bond donors (Lipinski definition) is 0. The van der Waals surface area contributed by atoms with E-state index in [4.69, 9.17) is 4.74 Å². The first kappa shape index (κ1) is 27.0. The van der Waals surface area contributed by atoms with Gasteiger partial charge in [0, 0.05) is 36.8 Å². The molecule has 2 rings (SSSR count). The number of aryl methyl sites for hydroxylation is 2. The van der Waals surface area contributed by atoms with Crippen molar-refractivity contribution in [1.29, 1.82) is 0 Å². The van der Waals surface area contributed by atoms with Crippen molar-refractivity contribution in [2.24, 2.45) is 0 Å². The maximum Gasteiger partial charge on any atom is 0.305 e. The summed E-state index contributed by atoms with van der Waals surface area (Å²) in [5.74, 6) is -0.0739. The van der Waals surface area contributed by atoms with E-state index in [0.29, 0.717) is 13.0 Å². The average Bonchev–Trinajstić information content (AvgIpc) is 2.61. The molecular formula is C22H34Br2N2O2. The Morgan fingerprint density at radius 1 is 1.04 bits per heavy atom. The van der Waals surface area contributed by atoms with E-state index < -0.39 is 0 Å². The molecule has 0 N–H and O–H groups in total. The number of pyridine rings is 1. The summed E-state index contributed by atoms with van der Waals surface area (Å²) in [6.07, 6.45) is 5.97. The van der Waals surface area contributed by atoms with Crippen molar-refractivity contribution in [3.05, 3.63) is 42.1 Å². The maximum atomic E-state index is 11.4. The van der Waals surface area contributed by atoms with E-state index >= 15 is 0 Å². The summed E-state index contributed by atoms with van der Waals surface area (Å²) in [7, 11) is 4.50. The van der Waals surface area contributed by atoms with Crippen LogP contribution in [-0.4, -0.2) is 44.2 Å². The fourth-order valence-corrected chi connectivity index (χ4v) is 3.44. The highest BCUT2D eigenvalue weighted by Gasteiger charge is 2.16. The van der Waals surface area contributed by atoms with Gasteiger partial charge in [-0.05, 0) is 25.5 Å². The molecule has 1 aromatic carbocycles. The molecule has 0 aliphatic heterocycles. The lowest BCUT2D eigenvalue weighted by Crippen LogP contribution is -3.00. The number of esters is 1. The highest BCUT2D eigenvalue weighted by Crippen LogP contribution is 2.14. The highest BCUT2D eigenvalue weighted by atomic mass is 79.9. The van der Waals surface area contributed by atoms with E-state index in [1.165, 1.54) is 22.9 Å². The number of carbonyl (C=O) groups excluding carboxylic acids is 1. The average molecular weight is 518 g/mol. The molecule has 0 spiro atoms. The van der Waals surface area contributed by atoms with Gasteiger partial charge in [-0.25, -0.2) is 0 Å². The minimum Gasteiger partial charge on any atom is -1.00 e. The largest absolute Gasteiger partial charge is 1.00 e. The summed E-state index contributed by atoms with van der Waals surface area (Å²) in [4.78, 5) is 11.4. The van der Waals surface area contributed by atoms with E-state index in [0.717, 1.165) is 37.0 Å². The predicted octanol–water partition coefficient (Wildman–Crippen LogP) is -2.36. The first-order valence-corrected chi connectivity index (χ1v) is 9.78. The molecule has 6 heteroatoms. The zero-order valence-electron chi connectivity index (χ0n) is 17.6. The summed E-state index contributed by atoms with van der Waals surface area (Å²) < 4.78 is 8.32. The Morgan fingerprint density at radius 3 is 2.43 bits per heavy atom. The van der Waals surface area contributed by atoms with Crippen LogP contribution in [0, 0.1) is 6.92 Å². The fraction of sp³-hybridized carbons (Fsp3) is 0.545. The Labute approximate surface area is 191 Å². The minimum absolute atomic E-state index is 0. The van der Waals surface area contributed by atoms with Gasteiger partial charge in [-0.15, -0.1) is 0 Å². The number of benzene rings is 1. The molecule has 0 aliphatic rings. The highest BCUT2D eigenvalue weighted by molar-refractivity contribution is 5.78. The van der Waals surface area contributed by atoms with Crippen LogP contribution in [0.2, 0.25) is 0 Å². The number of carbonyl (C=O) groups is 1. The minimum atomic E-state index is -0.0739. The second-order valence-corrected chi connectivity index (χ2v) is 7.71. The molecule has 4 nitrogen and oxygen atoms in total. The fourth-order valence-electron chi connectivity index (χ4n) is 3.44. The Balaban J connectivity index is 0.00000364. The third kappa shape index (κ3) is 8.58. The van der Waals surface area contributed by atoms with Crippen LogP contribution >= 0.6 is 0 Å². The van der Waals surface area contributed by atoms with Gasteiger partial charge in [0.2, 0.25) is 5.52 Å². The van der Waals surface area contributed by atoms with E-state index in [9.17, 15) is 4.79 Å². The number of rotatable bonds is 10. The van der Waals surface area contributed by atoms with Crippen LogP contribution in [0.3, 0.4) is 0 Å². The van der Waals surface area contributed by atoms with Crippen LogP contribution in [0.25, 0.3) is 10.9 Å². The van der Waals surface area contributed by atoms with Crippen LogP contribution < -0.4 is 38.5 Å². The summed E-state index contributed by atoms with van der Waals surface area (Å²) in [5.41, 5.74) is 2.65. The number of halogens is 2. The monoisotopic (exact) mass is 516 g/mol. The topological polar surface area (TPSA) is 30.2 Å². The summed E-state index contributed by atoms with van der Waals surface area (Å²) in [6, 6.07) is 10.8. The first-order chi connectivity index (χ1) is 12.4. The summed E-state index contributed by atoms with van der Waals surface area (Å²) in [5, 5.41) is 1.34. The molecule has 0 bridgehead atoms. The van der Waals surface area contributed by atoms with Crippen molar-refractivity contribution in [3.63, 3.8) is 0 Å².